The monoisotopic (exact) mass is 180 g/mol. The molecule has 0 spiro atoms. The molecule has 0 saturated heterocycles. The van der Waals surface area contributed by atoms with E-state index in [2.05, 4.69) is 0 Å². The number of carboxylic acid groups (broad SMARTS) is 2. The van der Waals surface area contributed by atoms with Crippen LogP contribution in [0.2, 0.25) is 0 Å². The minimum Gasteiger partial charge on any atom is -0.450 e. The summed E-state index contributed by atoms with van der Waals surface area (Å²) in [5, 5.41) is 13.9. The summed E-state index contributed by atoms with van der Waals surface area (Å²) in [5.74, 6) is 0. The molecule has 0 aliphatic heterocycles. The normalized spacial score (nSPS) is 6.56. The van der Waals surface area contributed by atoms with Gasteiger partial charge in [0.15, 0.2) is 0 Å². The van der Waals surface area contributed by atoms with E-state index in [1.165, 1.54) is 0 Å². The second-order valence-corrected chi connectivity index (χ2v) is 0.975. The lowest BCUT2D eigenvalue weighted by Gasteiger charge is -1.60. The summed E-state index contributed by atoms with van der Waals surface area (Å²) in [6, 6.07) is 0. The van der Waals surface area contributed by atoms with Crippen LogP contribution in [0.4, 0.5) is 4.79 Å². The van der Waals surface area contributed by atoms with Crippen molar-refractivity contribution < 1.29 is 28.3 Å². The standard InChI is InChI=1S/CH2O3.ClH.H2O3S/c2-1(3)4;;1-4(2)3/h(H2,2,3,4);1H;(H2,1,2,3). The first-order valence-electron chi connectivity index (χ1n) is 1.18. The first-order chi connectivity index (χ1) is 3.46. The number of carbonyl (C=O) groups is 1. The van der Waals surface area contributed by atoms with Crippen LogP contribution in [0.15, 0.2) is 0 Å². The Balaban J connectivity index is -0.0000000720. The summed E-state index contributed by atoms with van der Waals surface area (Å²) in [5.41, 5.74) is 0. The highest BCUT2D eigenvalue weighted by atomic mass is 35.5. The Kier molecular flexibility index (Phi) is 18.6. The highest BCUT2D eigenvalue weighted by molar-refractivity contribution is 7.73. The van der Waals surface area contributed by atoms with Gasteiger partial charge >= 0.3 is 6.16 Å². The van der Waals surface area contributed by atoms with Gasteiger partial charge in [-0.25, -0.2) is 4.79 Å². The molecule has 58 valence electrons. The average molecular weight is 181 g/mol. The van der Waals surface area contributed by atoms with Crippen LogP contribution in [-0.4, -0.2) is 29.7 Å². The zero-order chi connectivity index (χ0) is 7.15. The van der Waals surface area contributed by atoms with Gasteiger partial charge in [0.1, 0.15) is 0 Å². The number of rotatable bonds is 0. The summed E-state index contributed by atoms with van der Waals surface area (Å²) in [6.07, 6.45) is -1.83. The molecule has 0 radical (unpaired) electrons. The molecule has 9 heavy (non-hydrogen) atoms. The van der Waals surface area contributed by atoms with Gasteiger partial charge in [0, 0.05) is 0 Å². The fraction of sp³-hybridized carbons (Fsp3) is 0. The van der Waals surface area contributed by atoms with E-state index >= 15 is 0 Å². The van der Waals surface area contributed by atoms with Gasteiger partial charge in [-0.1, -0.05) is 0 Å². The third kappa shape index (κ3) is 1770. The van der Waals surface area contributed by atoms with E-state index in [-0.39, 0.29) is 12.4 Å². The van der Waals surface area contributed by atoms with Crippen molar-refractivity contribution in [3.8, 4) is 0 Å². The van der Waals surface area contributed by atoms with E-state index < -0.39 is 17.5 Å². The van der Waals surface area contributed by atoms with Gasteiger partial charge in [-0.05, 0) is 0 Å². The Bertz CT molecular complexity index is 71.1. The molecule has 0 bridgehead atoms. The van der Waals surface area contributed by atoms with Crippen molar-refractivity contribution in [1.29, 1.82) is 0 Å². The van der Waals surface area contributed by atoms with Gasteiger partial charge in [-0.3, -0.25) is 9.11 Å². The molecule has 0 aliphatic rings. The molecule has 0 unspecified atom stereocenters. The van der Waals surface area contributed by atoms with Gasteiger partial charge < -0.3 is 10.2 Å². The zero-order valence-electron chi connectivity index (χ0n) is 3.92. The largest absolute Gasteiger partial charge is 0.503 e. The number of hydrogen-bond acceptors (Lipinski definition) is 2. The van der Waals surface area contributed by atoms with Crippen LogP contribution in [0.25, 0.3) is 0 Å². The summed E-state index contributed by atoms with van der Waals surface area (Å²) < 4.78 is 22.8. The Labute approximate surface area is 59.0 Å². The second kappa shape index (κ2) is 10.6. The number of halogens is 1. The smallest absolute Gasteiger partial charge is 0.450 e. The maximum Gasteiger partial charge on any atom is 0.503 e. The van der Waals surface area contributed by atoms with Gasteiger partial charge in [0.2, 0.25) is 0 Å². The van der Waals surface area contributed by atoms with Crippen LogP contribution < -0.4 is 0 Å². The van der Waals surface area contributed by atoms with Crippen LogP contribution in [-0.2, 0) is 11.4 Å². The van der Waals surface area contributed by atoms with Gasteiger partial charge in [-0.2, -0.15) is 4.21 Å². The minimum absolute atomic E-state index is 0. The first kappa shape index (κ1) is 15.9. The van der Waals surface area contributed by atoms with E-state index in [9.17, 15) is 0 Å². The molecule has 8 heteroatoms. The fourth-order valence-corrected chi connectivity index (χ4v) is 0. The second-order valence-electron chi connectivity index (χ2n) is 0.513. The Hall–Kier alpha value is -0.370. The van der Waals surface area contributed by atoms with Crippen molar-refractivity contribution in [2.75, 3.05) is 0 Å². The van der Waals surface area contributed by atoms with Gasteiger partial charge in [0.25, 0.3) is 11.4 Å². The molecule has 0 aromatic carbocycles. The predicted molar refractivity (Wildman–Crippen MR) is 31.3 cm³/mol. The van der Waals surface area contributed by atoms with E-state index in [1.807, 2.05) is 0 Å². The lowest BCUT2D eigenvalue weighted by molar-refractivity contribution is 0.137. The SMILES string of the molecule is Cl.O=C(O)O.O=S(O)O. The lowest BCUT2D eigenvalue weighted by atomic mass is 11.5. The maximum absolute atomic E-state index is 8.67. The van der Waals surface area contributed by atoms with Crippen molar-refractivity contribution >= 4 is 29.9 Å². The van der Waals surface area contributed by atoms with E-state index in [4.69, 9.17) is 28.3 Å². The molecular weight excluding hydrogens is 176 g/mol. The van der Waals surface area contributed by atoms with Crippen molar-refractivity contribution in [3.63, 3.8) is 0 Å². The molecule has 0 aromatic heterocycles. The van der Waals surface area contributed by atoms with Gasteiger partial charge in [0.05, 0.1) is 0 Å². The van der Waals surface area contributed by atoms with Crippen molar-refractivity contribution in [1.82, 2.24) is 0 Å². The maximum atomic E-state index is 8.67. The van der Waals surface area contributed by atoms with Crippen molar-refractivity contribution in [2.24, 2.45) is 0 Å². The van der Waals surface area contributed by atoms with Crippen molar-refractivity contribution in [2.45, 2.75) is 0 Å². The summed E-state index contributed by atoms with van der Waals surface area (Å²) in [6.45, 7) is 0. The molecule has 0 rings (SSSR count). The molecule has 0 aliphatic carbocycles. The van der Waals surface area contributed by atoms with E-state index in [1.54, 1.807) is 0 Å². The average Bonchev–Trinajstić information content (AvgIpc) is 1.25. The van der Waals surface area contributed by atoms with Crippen LogP contribution in [0, 0.1) is 0 Å². The third-order valence-corrected chi connectivity index (χ3v) is 0. The van der Waals surface area contributed by atoms with Crippen molar-refractivity contribution in [3.05, 3.63) is 0 Å². The molecule has 0 aromatic rings. The summed E-state index contributed by atoms with van der Waals surface area (Å²) in [7, 11) is 0. The van der Waals surface area contributed by atoms with Crippen LogP contribution in [0.3, 0.4) is 0 Å². The molecule has 4 N–H and O–H groups in total. The van der Waals surface area contributed by atoms with E-state index in [0.29, 0.717) is 0 Å². The zero-order valence-corrected chi connectivity index (χ0v) is 5.55. The first-order valence-corrected chi connectivity index (χ1v) is 2.25. The quantitative estimate of drug-likeness (QED) is 0.399. The van der Waals surface area contributed by atoms with Crippen LogP contribution in [0.5, 0.6) is 0 Å². The summed E-state index contributed by atoms with van der Waals surface area (Å²) >= 11 is -2.61. The highest BCUT2D eigenvalue weighted by Crippen LogP contribution is 1.44. The topological polar surface area (TPSA) is 115 Å². The van der Waals surface area contributed by atoms with E-state index in [0.717, 1.165) is 0 Å². The Morgan fingerprint density at radius 1 is 1.22 bits per heavy atom. The molecule has 0 saturated carbocycles. The van der Waals surface area contributed by atoms with Crippen LogP contribution >= 0.6 is 12.4 Å². The van der Waals surface area contributed by atoms with Crippen LogP contribution in [0.1, 0.15) is 0 Å². The number of hydrogen-bond donors (Lipinski definition) is 4. The van der Waals surface area contributed by atoms with Gasteiger partial charge in [-0.15, -0.1) is 12.4 Å². The molecule has 0 heterocycles. The third-order valence-electron chi connectivity index (χ3n) is 0. The molecule has 0 fully saturated rings. The lowest BCUT2D eigenvalue weighted by Crippen LogP contribution is -1.81. The molecule has 0 atom stereocenters. The predicted octanol–water partition coefficient (Wildman–Crippen LogP) is 0.325. The summed E-state index contributed by atoms with van der Waals surface area (Å²) in [4.78, 5) is 8.56. The Morgan fingerprint density at radius 3 is 1.22 bits per heavy atom. The Morgan fingerprint density at radius 2 is 1.22 bits per heavy atom. The molecule has 0 amide bonds. The minimum atomic E-state index is -2.61. The molecule has 6 nitrogen and oxygen atoms in total. The molecular formula is CH5ClO6S. The highest BCUT2D eigenvalue weighted by Gasteiger charge is 1.70. The fourth-order valence-electron chi connectivity index (χ4n) is 0.